The summed E-state index contributed by atoms with van der Waals surface area (Å²) >= 11 is 3.32. The molecule has 0 aliphatic rings. The summed E-state index contributed by atoms with van der Waals surface area (Å²) in [6, 6.07) is 3.79. The first-order valence-electron chi connectivity index (χ1n) is 5.73. The molecule has 2 heterocycles. The van der Waals surface area contributed by atoms with Crippen molar-refractivity contribution in [2.45, 2.75) is 20.4 Å². The van der Waals surface area contributed by atoms with Gasteiger partial charge < -0.3 is 0 Å². The topological polar surface area (TPSA) is 51.9 Å². The molecular weight excluding hydrogens is 296 g/mol. The van der Waals surface area contributed by atoms with Crippen molar-refractivity contribution < 1.29 is 0 Å². The van der Waals surface area contributed by atoms with E-state index >= 15 is 0 Å². The number of aromatic nitrogens is 3. The Kier molecular flexibility index (Phi) is 3.86. The van der Waals surface area contributed by atoms with Crippen LogP contribution in [0.2, 0.25) is 0 Å². The van der Waals surface area contributed by atoms with Crippen LogP contribution in [0.1, 0.15) is 13.8 Å². The van der Waals surface area contributed by atoms with Crippen LogP contribution in [0.4, 0.5) is 5.69 Å². The largest absolute Gasteiger partial charge is 0.292 e. The Hall–Kier alpha value is -1.56. The maximum atomic E-state index is 12.1. The lowest BCUT2D eigenvalue weighted by Crippen LogP contribution is -2.26. The van der Waals surface area contributed by atoms with Gasteiger partial charge in [0.2, 0.25) is 0 Å². The van der Waals surface area contributed by atoms with E-state index in [-0.39, 0.29) is 5.56 Å². The lowest BCUT2D eigenvalue weighted by Gasteiger charge is -2.12. The monoisotopic (exact) mass is 310 g/mol. The SMILES string of the molecule is CC(C)Cn1ncc(Nn2cccc2)c(Br)c1=O. The summed E-state index contributed by atoms with van der Waals surface area (Å²) in [6.45, 7) is 4.71. The van der Waals surface area contributed by atoms with Crippen LogP contribution in [0.15, 0.2) is 40.0 Å². The zero-order chi connectivity index (χ0) is 13.1. The summed E-state index contributed by atoms with van der Waals surface area (Å²) in [5, 5.41) is 4.16. The highest BCUT2D eigenvalue weighted by molar-refractivity contribution is 9.10. The van der Waals surface area contributed by atoms with Crippen molar-refractivity contribution in [2.75, 3.05) is 5.43 Å². The van der Waals surface area contributed by atoms with Gasteiger partial charge in [-0.05, 0) is 34.0 Å². The molecule has 0 saturated heterocycles. The number of anilines is 1. The predicted molar refractivity (Wildman–Crippen MR) is 74.5 cm³/mol. The molecule has 0 spiro atoms. The average molecular weight is 311 g/mol. The molecule has 6 heteroatoms. The van der Waals surface area contributed by atoms with Crippen LogP contribution in [0.3, 0.4) is 0 Å². The van der Waals surface area contributed by atoms with Gasteiger partial charge in [0.05, 0.1) is 11.9 Å². The van der Waals surface area contributed by atoms with E-state index in [2.05, 4.69) is 26.5 Å². The van der Waals surface area contributed by atoms with Gasteiger partial charge >= 0.3 is 0 Å². The van der Waals surface area contributed by atoms with Gasteiger partial charge in [-0.1, -0.05) is 13.8 Å². The zero-order valence-corrected chi connectivity index (χ0v) is 11.9. The third-order valence-electron chi connectivity index (χ3n) is 2.38. The molecule has 1 N–H and O–H groups in total. The van der Waals surface area contributed by atoms with Crippen molar-refractivity contribution >= 4 is 21.6 Å². The van der Waals surface area contributed by atoms with E-state index in [1.807, 2.05) is 38.4 Å². The Morgan fingerprint density at radius 2 is 2.06 bits per heavy atom. The molecule has 2 rings (SSSR count). The molecule has 0 unspecified atom stereocenters. The molecule has 0 aliphatic heterocycles. The Morgan fingerprint density at radius 3 is 2.67 bits per heavy atom. The minimum atomic E-state index is -0.124. The fourth-order valence-corrected chi connectivity index (χ4v) is 1.96. The highest BCUT2D eigenvalue weighted by Crippen LogP contribution is 2.16. The molecular formula is C12H15BrN4O. The normalized spacial score (nSPS) is 10.9. The molecule has 0 amide bonds. The number of nitrogens with one attached hydrogen (secondary N) is 1. The summed E-state index contributed by atoms with van der Waals surface area (Å²) in [5.41, 5.74) is 3.59. The molecule has 0 aliphatic carbocycles. The van der Waals surface area contributed by atoms with Crippen molar-refractivity contribution in [3.63, 3.8) is 0 Å². The van der Waals surface area contributed by atoms with Crippen molar-refractivity contribution in [1.82, 2.24) is 14.5 Å². The Bertz CT molecular complexity index is 574. The molecule has 2 aromatic rings. The van der Waals surface area contributed by atoms with Crippen LogP contribution in [-0.2, 0) is 6.54 Å². The summed E-state index contributed by atoms with van der Waals surface area (Å²) in [5.74, 6) is 0.380. The smallest absolute Gasteiger partial charge is 0.283 e. The Balaban J connectivity index is 2.29. The van der Waals surface area contributed by atoms with E-state index in [9.17, 15) is 4.79 Å². The van der Waals surface area contributed by atoms with Gasteiger partial charge in [-0.2, -0.15) is 5.10 Å². The van der Waals surface area contributed by atoms with Crippen molar-refractivity contribution in [3.8, 4) is 0 Å². The first-order valence-corrected chi connectivity index (χ1v) is 6.53. The summed E-state index contributed by atoms with van der Waals surface area (Å²) in [7, 11) is 0. The predicted octanol–water partition coefficient (Wildman–Crippen LogP) is 2.34. The number of hydrogen-bond donors (Lipinski definition) is 1. The fraction of sp³-hybridized carbons (Fsp3) is 0.333. The van der Waals surface area contributed by atoms with Crippen LogP contribution in [-0.4, -0.2) is 14.5 Å². The van der Waals surface area contributed by atoms with Crippen LogP contribution >= 0.6 is 15.9 Å². The average Bonchev–Trinajstić information content (AvgIpc) is 2.81. The lowest BCUT2D eigenvalue weighted by atomic mass is 10.2. The zero-order valence-electron chi connectivity index (χ0n) is 10.3. The minimum absolute atomic E-state index is 0.124. The molecule has 2 aromatic heterocycles. The molecule has 0 saturated carbocycles. The van der Waals surface area contributed by atoms with E-state index in [1.54, 1.807) is 10.9 Å². The third kappa shape index (κ3) is 2.81. The summed E-state index contributed by atoms with van der Waals surface area (Å²) < 4.78 is 3.72. The van der Waals surface area contributed by atoms with Gasteiger partial charge in [-0.3, -0.25) is 14.9 Å². The maximum absolute atomic E-state index is 12.1. The summed E-state index contributed by atoms with van der Waals surface area (Å²) in [4.78, 5) is 12.1. The van der Waals surface area contributed by atoms with Crippen molar-refractivity contribution in [2.24, 2.45) is 5.92 Å². The number of halogens is 1. The van der Waals surface area contributed by atoms with E-state index in [4.69, 9.17) is 0 Å². The number of rotatable bonds is 4. The van der Waals surface area contributed by atoms with Crippen LogP contribution in [0.25, 0.3) is 0 Å². The van der Waals surface area contributed by atoms with Crippen LogP contribution in [0.5, 0.6) is 0 Å². The summed E-state index contributed by atoms with van der Waals surface area (Å²) in [6.07, 6.45) is 5.35. The second kappa shape index (κ2) is 5.39. The molecule has 18 heavy (non-hydrogen) atoms. The maximum Gasteiger partial charge on any atom is 0.283 e. The first-order chi connectivity index (χ1) is 8.58. The van der Waals surface area contributed by atoms with Gasteiger partial charge in [-0.25, -0.2) is 4.68 Å². The molecule has 96 valence electrons. The fourth-order valence-electron chi connectivity index (χ4n) is 1.57. The Labute approximate surface area is 114 Å². The van der Waals surface area contributed by atoms with Crippen molar-refractivity contribution in [1.29, 1.82) is 0 Å². The highest BCUT2D eigenvalue weighted by Gasteiger charge is 2.09. The van der Waals surface area contributed by atoms with Gasteiger partial charge in [0.15, 0.2) is 0 Å². The highest BCUT2D eigenvalue weighted by atomic mass is 79.9. The number of hydrogen-bond acceptors (Lipinski definition) is 3. The molecule has 5 nitrogen and oxygen atoms in total. The second-order valence-electron chi connectivity index (χ2n) is 4.46. The van der Waals surface area contributed by atoms with Crippen molar-refractivity contribution in [3.05, 3.63) is 45.5 Å². The van der Waals surface area contributed by atoms with E-state index in [1.165, 1.54) is 4.68 Å². The van der Waals surface area contributed by atoms with Crippen LogP contribution < -0.4 is 11.0 Å². The first kappa shape index (κ1) is 12.9. The van der Waals surface area contributed by atoms with Gasteiger partial charge in [-0.15, -0.1) is 0 Å². The minimum Gasteiger partial charge on any atom is -0.292 e. The van der Waals surface area contributed by atoms with E-state index in [0.717, 1.165) is 0 Å². The Morgan fingerprint density at radius 1 is 1.39 bits per heavy atom. The lowest BCUT2D eigenvalue weighted by molar-refractivity contribution is 0.462. The quantitative estimate of drug-likeness (QED) is 0.943. The standard InChI is InChI=1S/C12H15BrN4O/c1-9(2)8-17-12(18)11(13)10(7-14-17)15-16-5-3-4-6-16/h3-7,9,15H,8H2,1-2H3. The van der Waals surface area contributed by atoms with E-state index in [0.29, 0.717) is 22.6 Å². The molecule has 0 fully saturated rings. The van der Waals surface area contributed by atoms with E-state index < -0.39 is 0 Å². The third-order valence-corrected chi connectivity index (χ3v) is 3.14. The van der Waals surface area contributed by atoms with Crippen LogP contribution in [0, 0.1) is 5.92 Å². The molecule has 0 radical (unpaired) electrons. The van der Waals surface area contributed by atoms with Gasteiger partial charge in [0.1, 0.15) is 4.47 Å². The molecule has 0 atom stereocenters. The van der Waals surface area contributed by atoms with Gasteiger partial charge in [0.25, 0.3) is 5.56 Å². The molecule has 0 aromatic carbocycles. The molecule has 0 bridgehead atoms. The van der Waals surface area contributed by atoms with Gasteiger partial charge in [0, 0.05) is 18.9 Å². The number of nitrogens with zero attached hydrogens (tertiary/aromatic N) is 3. The second-order valence-corrected chi connectivity index (χ2v) is 5.25.